The molecule has 3 rings (SSSR count). The zero-order chi connectivity index (χ0) is 19.6. The van der Waals surface area contributed by atoms with Gasteiger partial charge in [0.25, 0.3) is 5.69 Å². The minimum absolute atomic E-state index is 0.118. The van der Waals surface area contributed by atoms with Crippen molar-refractivity contribution >= 4 is 15.7 Å². The van der Waals surface area contributed by atoms with E-state index in [-0.39, 0.29) is 23.0 Å². The molecule has 0 bridgehead atoms. The molecule has 1 N–H and O–H groups in total. The maximum absolute atomic E-state index is 13.4. The van der Waals surface area contributed by atoms with Crippen LogP contribution in [0, 0.1) is 22.9 Å². The Morgan fingerprint density at radius 3 is 2.74 bits per heavy atom. The summed E-state index contributed by atoms with van der Waals surface area (Å²) in [5.74, 6) is -0.381. The molecular weight excluding hydrogens is 379 g/mol. The molecule has 1 heterocycles. The highest BCUT2D eigenvalue weighted by Gasteiger charge is 2.21. The Balaban J connectivity index is 1.87. The number of nitro groups is 1. The van der Waals surface area contributed by atoms with Gasteiger partial charge in [-0.15, -0.1) is 5.10 Å². The number of non-ortho nitro benzene ring substituents is 1. The molecule has 0 fully saturated rings. The van der Waals surface area contributed by atoms with Crippen molar-refractivity contribution in [3.05, 3.63) is 69.8 Å². The molecule has 12 heteroatoms. The van der Waals surface area contributed by atoms with Crippen LogP contribution >= 0.6 is 0 Å². The number of aryl methyl sites for hydroxylation is 1. The Bertz CT molecular complexity index is 1110. The van der Waals surface area contributed by atoms with Crippen LogP contribution in [0.2, 0.25) is 0 Å². The van der Waals surface area contributed by atoms with Crippen molar-refractivity contribution in [3.63, 3.8) is 0 Å². The fourth-order valence-corrected chi connectivity index (χ4v) is 3.60. The fourth-order valence-electron chi connectivity index (χ4n) is 2.35. The topological polar surface area (TPSA) is 133 Å². The number of nitro benzene ring substituents is 1. The van der Waals surface area contributed by atoms with E-state index in [0.717, 1.165) is 6.07 Å². The lowest BCUT2D eigenvalue weighted by Gasteiger charge is -2.09. The Kier molecular flexibility index (Phi) is 4.92. The van der Waals surface area contributed by atoms with Gasteiger partial charge in [-0.2, -0.15) is 4.68 Å². The number of tetrazole rings is 1. The normalized spacial score (nSPS) is 11.5. The Morgan fingerprint density at radius 1 is 1.26 bits per heavy atom. The lowest BCUT2D eigenvalue weighted by Crippen LogP contribution is -2.25. The van der Waals surface area contributed by atoms with Crippen LogP contribution in [0.5, 0.6) is 0 Å². The molecule has 0 aliphatic heterocycles. The standard InChI is InChI=1S/C15H13FN6O4S/c1-10-5-6-13(22(23)24)8-14(10)27(25,26)17-9-15-18-19-20-21(15)12-4-2-3-11(16)7-12/h2-8,17H,9H2,1H3. The van der Waals surface area contributed by atoms with Crippen molar-refractivity contribution in [2.45, 2.75) is 18.4 Å². The second-order valence-corrected chi connectivity index (χ2v) is 7.25. The molecule has 0 atom stereocenters. The number of benzene rings is 2. The molecule has 0 spiro atoms. The first-order valence-electron chi connectivity index (χ1n) is 7.56. The monoisotopic (exact) mass is 392 g/mol. The highest BCUT2D eigenvalue weighted by atomic mass is 32.2. The SMILES string of the molecule is Cc1ccc([N+](=O)[O-])cc1S(=O)(=O)NCc1nnnn1-c1cccc(F)c1. The molecule has 0 unspecified atom stereocenters. The third-order valence-corrected chi connectivity index (χ3v) is 5.22. The molecule has 3 aromatic rings. The van der Waals surface area contributed by atoms with Gasteiger partial charge in [0.1, 0.15) is 5.82 Å². The summed E-state index contributed by atoms with van der Waals surface area (Å²) >= 11 is 0. The number of rotatable bonds is 6. The largest absolute Gasteiger partial charge is 0.270 e. The Labute approximate surface area is 152 Å². The van der Waals surface area contributed by atoms with Gasteiger partial charge in [0.05, 0.1) is 22.1 Å². The fraction of sp³-hybridized carbons (Fsp3) is 0.133. The predicted octanol–water partition coefficient (Wildman–Crippen LogP) is 1.50. The summed E-state index contributed by atoms with van der Waals surface area (Å²) in [4.78, 5) is 10.00. The van der Waals surface area contributed by atoms with Crippen LogP contribution in [0.15, 0.2) is 47.4 Å². The van der Waals surface area contributed by atoms with Gasteiger partial charge in [0.15, 0.2) is 5.82 Å². The zero-order valence-electron chi connectivity index (χ0n) is 13.9. The van der Waals surface area contributed by atoms with E-state index in [9.17, 15) is 22.9 Å². The number of hydrogen-bond acceptors (Lipinski definition) is 7. The van der Waals surface area contributed by atoms with Crippen molar-refractivity contribution in [3.8, 4) is 5.69 Å². The summed E-state index contributed by atoms with van der Waals surface area (Å²) in [6, 6.07) is 9.02. The second kappa shape index (κ2) is 7.17. The van der Waals surface area contributed by atoms with Crippen molar-refractivity contribution in [2.75, 3.05) is 0 Å². The molecule has 0 saturated heterocycles. The van der Waals surface area contributed by atoms with Gasteiger partial charge < -0.3 is 0 Å². The average molecular weight is 392 g/mol. The molecule has 0 saturated carbocycles. The maximum Gasteiger partial charge on any atom is 0.270 e. The Hall–Kier alpha value is -3.25. The minimum atomic E-state index is -4.07. The molecule has 27 heavy (non-hydrogen) atoms. The summed E-state index contributed by atoms with van der Waals surface area (Å²) < 4.78 is 42.0. The molecular formula is C15H13FN6O4S. The number of aromatic nitrogens is 4. The molecule has 1 aromatic heterocycles. The first kappa shape index (κ1) is 18.5. The molecule has 0 aliphatic rings. The number of hydrogen-bond donors (Lipinski definition) is 1. The lowest BCUT2D eigenvalue weighted by molar-refractivity contribution is -0.385. The smallest absolute Gasteiger partial charge is 0.258 e. The third kappa shape index (κ3) is 3.96. The lowest BCUT2D eigenvalue weighted by atomic mass is 10.2. The zero-order valence-corrected chi connectivity index (χ0v) is 14.7. The van der Waals surface area contributed by atoms with Crippen molar-refractivity contribution in [1.29, 1.82) is 0 Å². The molecule has 10 nitrogen and oxygen atoms in total. The molecule has 0 radical (unpaired) electrons. The quantitative estimate of drug-likeness (QED) is 0.496. The van der Waals surface area contributed by atoms with E-state index in [1.807, 2.05) is 0 Å². The number of sulfonamides is 1. The van der Waals surface area contributed by atoms with Gasteiger partial charge in [-0.05, 0) is 41.1 Å². The van der Waals surface area contributed by atoms with E-state index in [1.54, 1.807) is 6.07 Å². The van der Waals surface area contributed by atoms with Gasteiger partial charge in [-0.3, -0.25) is 10.1 Å². The summed E-state index contributed by atoms with van der Waals surface area (Å²) in [5.41, 5.74) is 0.323. The van der Waals surface area contributed by atoms with Gasteiger partial charge >= 0.3 is 0 Å². The highest BCUT2D eigenvalue weighted by molar-refractivity contribution is 7.89. The highest BCUT2D eigenvalue weighted by Crippen LogP contribution is 2.21. The van der Waals surface area contributed by atoms with Crippen LogP contribution in [-0.2, 0) is 16.6 Å². The number of nitrogens with one attached hydrogen (secondary N) is 1. The van der Waals surface area contributed by atoms with Crippen LogP contribution < -0.4 is 4.72 Å². The molecule has 140 valence electrons. The summed E-state index contributed by atoms with van der Waals surface area (Å²) in [5, 5.41) is 21.8. The van der Waals surface area contributed by atoms with E-state index in [4.69, 9.17) is 0 Å². The summed E-state index contributed by atoms with van der Waals surface area (Å²) in [6.45, 7) is 1.23. The van der Waals surface area contributed by atoms with E-state index in [1.165, 1.54) is 41.9 Å². The summed E-state index contributed by atoms with van der Waals surface area (Å²) in [7, 11) is -4.07. The van der Waals surface area contributed by atoms with Crippen molar-refractivity contribution < 1.29 is 17.7 Å². The molecule has 0 amide bonds. The average Bonchev–Trinajstić information content (AvgIpc) is 3.09. The first-order valence-corrected chi connectivity index (χ1v) is 9.04. The third-order valence-electron chi connectivity index (χ3n) is 3.68. The van der Waals surface area contributed by atoms with E-state index in [2.05, 4.69) is 20.2 Å². The van der Waals surface area contributed by atoms with Gasteiger partial charge in [0, 0.05) is 12.1 Å². The van der Waals surface area contributed by atoms with Crippen LogP contribution in [0.3, 0.4) is 0 Å². The first-order chi connectivity index (χ1) is 12.8. The summed E-state index contributed by atoms with van der Waals surface area (Å²) in [6.07, 6.45) is 0. The molecule has 2 aromatic carbocycles. The van der Waals surface area contributed by atoms with Crippen molar-refractivity contribution in [1.82, 2.24) is 24.9 Å². The van der Waals surface area contributed by atoms with Crippen molar-refractivity contribution in [2.24, 2.45) is 0 Å². The van der Waals surface area contributed by atoms with Gasteiger partial charge in [0.2, 0.25) is 10.0 Å². The maximum atomic E-state index is 13.4. The van der Waals surface area contributed by atoms with Gasteiger partial charge in [-0.25, -0.2) is 17.5 Å². The van der Waals surface area contributed by atoms with Gasteiger partial charge in [-0.1, -0.05) is 12.1 Å². The van der Waals surface area contributed by atoms with Crippen LogP contribution in [0.4, 0.5) is 10.1 Å². The van der Waals surface area contributed by atoms with Crippen LogP contribution in [-0.4, -0.2) is 33.5 Å². The predicted molar refractivity (Wildman–Crippen MR) is 91.0 cm³/mol. The molecule has 0 aliphatic carbocycles. The number of halogens is 1. The Morgan fingerprint density at radius 2 is 2.04 bits per heavy atom. The van der Waals surface area contributed by atoms with E-state index in [0.29, 0.717) is 11.3 Å². The van der Waals surface area contributed by atoms with Crippen LogP contribution in [0.25, 0.3) is 5.69 Å². The second-order valence-electron chi connectivity index (χ2n) is 5.52. The number of nitrogens with zero attached hydrogens (tertiary/aromatic N) is 5. The van der Waals surface area contributed by atoms with Crippen LogP contribution in [0.1, 0.15) is 11.4 Å². The van der Waals surface area contributed by atoms with E-state index < -0.39 is 20.8 Å². The minimum Gasteiger partial charge on any atom is -0.258 e. The van der Waals surface area contributed by atoms with E-state index >= 15 is 0 Å².